The lowest BCUT2D eigenvalue weighted by Gasteiger charge is -2.28. The lowest BCUT2D eigenvalue weighted by Crippen LogP contribution is -2.41. The third kappa shape index (κ3) is 6.06. The van der Waals surface area contributed by atoms with Crippen molar-refractivity contribution < 1.29 is 17.5 Å². The molecular weight excluding hydrogens is 484 g/mol. The number of nitrogens with one attached hydrogen (secondary N) is 2. The molecule has 0 spiro atoms. The van der Waals surface area contributed by atoms with E-state index in [4.69, 9.17) is 4.74 Å². The summed E-state index contributed by atoms with van der Waals surface area (Å²) in [6.07, 6.45) is 3.05. The first-order chi connectivity index (χ1) is 12.5. The Kier molecular flexibility index (Phi) is 7.90. The molecule has 2 aliphatic rings. The van der Waals surface area contributed by atoms with Gasteiger partial charge in [-0.3, -0.25) is 4.99 Å². The van der Waals surface area contributed by atoms with Crippen molar-refractivity contribution >= 4 is 39.8 Å². The summed E-state index contributed by atoms with van der Waals surface area (Å²) < 4.78 is 42.4. The van der Waals surface area contributed by atoms with E-state index in [0.29, 0.717) is 44.2 Å². The van der Waals surface area contributed by atoms with Gasteiger partial charge in [-0.15, -0.1) is 30.6 Å². The molecule has 1 saturated heterocycles. The van der Waals surface area contributed by atoms with Crippen LogP contribution in [0.5, 0.6) is 5.75 Å². The van der Waals surface area contributed by atoms with Crippen LogP contribution in [0.4, 0.5) is 4.39 Å². The first kappa shape index (κ1) is 21.9. The van der Waals surface area contributed by atoms with Crippen LogP contribution >= 0.6 is 24.0 Å². The van der Waals surface area contributed by atoms with Crippen molar-refractivity contribution in [1.29, 1.82) is 0 Å². The number of halogens is 2. The number of guanidine groups is 1. The Balaban J connectivity index is 0.00000261. The Morgan fingerprint density at radius 1 is 1.41 bits per heavy atom. The fourth-order valence-corrected chi connectivity index (χ4v) is 5.09. The molecule has 0 aliphatic carbocycles. The number of sulfone groups is 1. The van der Waals surface area contributed by atoms with Crippen LogP contribution in [0.25, 0.3) is 0 Å². The molecule has 2 aliphatic heterocycles. The molecule has 9 heteroatoms. The fraction of sp³-hybridized carbons (Fsp3) is 0.500. The predicted molar refractivity (Wildman–Crippen MR) is 115 cm³/mol. The van der Waals surface area contributed by atoms with Crippen LogP contribution in [0.3, 0.4) is 0 Å². The molecule has 2 N–H and O–H groups in total. The maximum Gasteiger partial charge on any atom is 0.192 e. The Bertz CT molecular complexity index is 801. The van der Waals surface area contributed by atoms with E-state index in [2.05, 4.69) is 22.2 Å². The van der Waals surface area contributed by atoms with E-state index in [1.807, 2.05) is 0 Å². The average molecular weight is 509 g/mol. The Morgan fingerprint density at radius 2 is 2.22 bits per heavy atom. The average Bonchev–Trinajstić information content (AvgIpc) is 2.96. The third-order valence-corrected chi connectivity index (χ3v) is 6.41. The highest BCUT2D eigenvalue weighted by Gasteiger charge is 2.28. The van der Waals surface area contributed by atoms with Gasteiger partial charge >= 0.3 is 0 Å². The third-order valence-electron chi connectivity index (χ3n) is 4.57. The normalized spacial score (nSPS) is 23.5. The zero-order valence-electron chi connectivity index (χ0n) is 15.0. The van der Waals surface area contributed by atoms with E-state index < -0.39 is 9.84 Å². The van der Waals surface area contributed by atoms with Gasteiger partial charge in [0.2, 0.25) is 0 Å². The molecule has 0 radical (unpaired) electrons. The van der Waals surface area contributed by atoms with Gasteiger partial charge in [0.25, 0.3) is 0 Å². The Morgan fingerprint density at radius 3 is 2.93 bits per heavy atom. The number of hydrogen-bond acceptors (Lipinski definition) is 4. The maximum atomic E-state index is 13.6. The number of aliphatic imine (C=N–C) groups is 1. The highest BCUT2D eigenvalue weighted by Crippen LogP contribution is 2.32. The summed E-state index contributed by atoms with van der Waals surface area (Å²) in [4.78, 5) is 4.55. The standard InChI is InChI=1S/C18H24FN3O3S.HI/c1-2-7-20-18(21-11-13-6-9-26(23,24)12-13)22-16-5-8-25-17-4-3-14(19)10-15(16)17;/h2-4,10,13,16H,1,5-9,11-12H2,(H2,20,21,22);1H. The van der Waals surface area contributed by atoms with E-state index in [9.17, 15) is 12.8 Å². The van der Waals surface area contributed by atoms with Crippen LogP contribution < -0.4 is 15.4 Å². The van der Waals surface area contributed by atoms with Crippen molar-refractivity contribution in [1.82, 2.24) is 10.6 Å². The van der Waals surface area contributed by atoms with Gasteiger partial charge in [0.15, 0.2) is 15.8 Å². The van der Waals surface area contributed by atoms with Crippen LogP contribution in [0, 0.1) is 11.7 Å². The van der Waals surface area contributed by atoms with Crippen molar-refractivity contribution in [2.45, 2.75) is 18.9 Å². The highest BCUT2D eigenvalue weighted by molar-refractivity contribution is 14.0. The zero-order valence-corrected chi connectivity index (χ0v) is 18.1. The maximum absolute atomic E-state index is 13.6. The van der Waals surface area contributed by atoms with Gasteiger partial charge < -0.3 is 15.4 Å². The van der Waals surface area contributed by atoms with Crippen molar-refractivity contribution in [3.8, 4) is 5.75 Å². The smallest absolute Gasteiger partial charge is 0.192 e. The zero-order chi connectivity index (χ0) is 18.6. The predicted octanol–water partition coefficient (Wildman–Crippen LogP) is 2.42. The van der Waals surface area contributed by atoms with Crippen molar-refractivity contribution in [3.05, 3.63) is 42.2 Å². The van der Waals surface area contributed by atoms with Crippen LogP contribution in [0.15, 0.2) is 35.8 Å². The van der Waals surface area contributed by atoms with Crippen LogP contribution in [0.2, 0.25) is 0 Å². The van der Waals surface area contributed by atoms with Crippen LogP contribution in [-0.4, -0.2) is 45.6 Å². The summed E-state index contributed by atoms with van der Waals surface area (Å²) in [6.45, 7) is 5.18. The minimum absolute atomic E-state index is 0. The highest BCUT2D eigenvalue weighted by atomic mass is 127. The molecule has 0 bridgehead atoms. The summed E-state index contributed by atoms with van der Waals surface area (Å²) in [5.41, 5.74) is 0.757. The number of hydrogen-bond donors (Lipinski definition) is 2. The minimum Gasteiger partial charge on any atom is -0.493 e. The molecule has 150 valence electrons. The van der Waals surface area contributed by atoms with Gasteiger partial charge in [-0.2, -0.15) is 0 Å². The quantitative estimate of drug-likeness (QED) is 0.276. The molecule has 1 aromatic carbocycles. The Hall–Kier alpha value is -1.36. The largest absolute Gasteiger partial charge is 0.493 e. The molecule has 3 rings (SSSR count). The van der Waals surface area contributed by atoms with Gasteiger partial charge in [-0.05, 0) is 30.5 Å². The number of nitrogens with zero attached hydrogens (tertiary/aromatic N) is 1. The van der Waals surface area contributed by atoms with Crippen molar-refractivity contribution in [2.75, 3.05) is 31.2 Å². The van der Waals surface area contributed by atoms with E-state index >= 15 is 0 Å². The van der Waals surface area contributed by atoms with E-state index in [1.165, 1.54) is 12.1 Å². The van der Waals surface area contributed by atoms with Gasteiger partial charge in [0.1, 0.15) is 11.6 Å². The second kappa shape index (κ2) is 9.72. The van der Waals surface area contributed by atoms with Gasteiger partial charge in [-0.1, -0.05) is 6.08 Å². The molecule has 2 atom stereocenters. The SMILES string of the molecule is C=CCNC(=NCC1CCS(=O)(=O)C1)NC1CCOc2ccc(F)cc21.I. The van der Waals surface area contributed by atoms with Gasteiger partial charge in [-0.25, -0.2) is 12.8 Å². The number of ether oxygens (including phenoxy) is 1. The summed E-state index contributed by atoms with van der Waals surface area (Å²) in [5, 5.41) is 6.46. The molecule has 0 aromatic heterocycles. The second-order valence-corrected chi connectivity index (χ2v) is 8.87. The van der Waals surface area contributed by atoms with Crippen LogP contribution in [-0.2, 0) is 9.84 Å². The monoisotopic (exact) mass is 509 g/mol. The minimum atomic E-state index is -2.92. The summed E-state index contributed by atoms with van der Waals surface area (Å²) in [7, 11) is -2.92. The van der Waals surface area contributed by atoms with E-state index in [-0.39, 0.29) is 53.3 Å². The fourth-order valence-electron chi connectivity index (χ4n) is 3.24. The van der Waals surface area contributed by atoms with Gasteiger partial charge in [0.05, 0.1) is 24.2 Å². The topological polar surface area (TPSA) is 79.8 Å². The first-order valence-corrected chi connectivity index (χ1v) is 10.6. The van der Waals surface area contributed by atoms with Crippen molar-refractivity contribution in [2.24, 2.45) is 10.9 Å². The number of rotatable bonds is 5. The lowest BCUT2D eigenvalue weighted by atomic mass is 10.0. The molecule has 2 heterocycles. The molecule has 0 amide bonds. The molecule has 0 saturated carbocycles. The summed E-state index contributed by atoms with van der Waals surface area (Å²) >= 11 is 0. The van der Waals surface area contributed by atoms with Gasteiger partial charge in [0, 0.05) is 25.1 Å². The molecular formula is C18H25FIN3O3S. The van der Waals surface area contributed by atoms with E-state index in [1.54, 1.807) is 12.1 Å². The molecule has 2 unspecified atom stereocenters. The molecule has 27 heavy (non-hydrogen) atoms. The van der Waals surface area contributed by atoms with Crippen LogP contribution in [0.1, 0.15) is 24.4 Å². The summed E-state index contributed by atoms with van der Waals surface area (Å²) in [5.74, 6) is 1.40. The molecule has 1 fully saturated rings. The molecule has 6 nitrogen and oxygen atoms in total. The second-order valence-electron chi connectivity index (χ2n) is 6.64. The molecule has 1 aromatic rings. The van der Waals surface area contributed by atoms with E-state index in [0.717, 1.165) is 5.56 Å². The number of benzene rings is 1. The Labute approximate surface area is 176 Å². The lowest BCUT2D eigenvalue weighted by molar-refractivity contribution is 0.260. The van der Waals surface area contributed by atoms with Crippen molar-refractivity contribution in [3.63, 3.8) is 0 Å². The number of fused-ring (bicyclic) bond motifs is 1. The summed E-state index contributed by atoms with van der Waals surface area (Å²) in [6, 6.07) is 4.36. The first-order valence-electron chi connectivity index (χ1n) is 8.75.